The number of guanidine groups is 1. The molecule has 3 N–H and O–H groups in total. The van der Waals surface area contributed by atoms with Gasteiger partial charge in [-0.3, -0.25) is 0 Å². The lowest BCUT2D eigenvalue weighted by Crippen LogP contribution is -2.57. The molecule has 0 aromatic carbocycles. The van der Waals surface area contributed by atoms with E-state index < -0.39 is 0 Å². The van der Waals surface area contributed by atoms with Gasteiger partial charge in [0.2, 0.25) is 0 Å². The lowest BCUT2D eigenvalue weighted by atomic mass is 9.59. The van der Waals surface area contributed by atoms with Crippen LogP contribution >= 0.6 is 24.0 Å². The average molecular weight is 369 g/mol. The van der Waals surface area contributed by atoms with Crippen LogP contribution in [0.4, 0.5) is 0 Å². The van der Waals surface area contributed by atoms with Crippen LogP contribution in [-0.2, 0) is 4.74 Å². The van der Waals surface area contributed by atoms with E-state index in [0.717, 1.165) is 19.3 Å². The average Bonchev–Trinajstić information content (AvgIpc) is 2.24. The molecule has 0 amide bonds. The molecule has 1 aliphatic carbocycles. The molecule has 0 aliphatic heterocycles. The minimum atomic E-state index is 0. The van der Waals surface area contributed by atoms with Crippen LogP contribution in [0.15, 0.2) is 4.99 Å². The van der Waals surface area contributed by atoms with Crippen LogP contribution in [0.5, 0.6) is 0 Å². The van der Waals surface area contributed by atoms with Crippen molar-refractivity contribution in [2.75, 3.05) is 7.11 Å². The number of halogens is 1. The van der Waals surface area contributed by atoms with Crippen molar-refractivity contribution in [1.82, 2.24) is 5.32 Å². The molecule has 0 heterocycles. The summed E-state index contributed by atoms with van der Waals surface area (Å²) in [5, 5.41) is 3.15. The van der Waals surface area contributed by atoms with E-state index in [1.807, 2.05) is 0 Å². The minimum Gasteiger partial charge on any atom is -0.381 e. The van der Waals surface area contributed by atoms with E-state index in [1.54, 1.807) is 7.11 Å². The van der Waals surface area contributed by atoms with Crippen molar-refractivity contribution in [2.45, 2.75) is 65.1 Å². The number of hydrogen-bond donors (Lipinski definition) is 2. The van der Waals surface area contributed by atoms with Crippen LogP contribution in [0.2, 0.25) is 0 Å². The predicted molar refractivity (Wildman–Crippen MR) is 87.5 cm³/mol. The standard InChI is InChI=1S/C13H27N3O.HI/c1-6-13(7-2)10(8-11(13)17-5)16-12(14)15-9(3)4;/h9-11H,6-8H2,1-5H3,(H3,14,15,16);1H. The van der Waals surface area contributed by atoms with Gasteiger partial charge < -0.3 is 15.8 Å². The van der Waals surface area contributed by atoms with Gasteiger partial charge in [0.15, 0.2) is 5.96 Å². The van der Waals surface area contributed by atoms with Crippen LogP contribution in [0, 0.1) is 5.41 Å². The Bertz CT molecular complexity index is 277. The molecule has 0 aromatic rings. The van der Waals surface area contributed by atoms with Gasteiger partial charge in [0.1, 0.15) is 0 Å². The molecule has 18 heavy (non-hydrogen) atoms. The maximum atomic E-state index is 5.90. The predicted octanol–water partition coefficient (Wildman–Crippen LogP) is 2.51. The molecule has 1 aliphatic rings. The monoisotopic (exact) mass is 369 g/mol. The van der Waals surface area contributed by atoms with Gasteiger partial charge in [-0.2, -0.15) is 0 Å². The van der Waals surface area contributed by atoms with Gasteiger partial charge in [-0.05, 0) is 33.1 Å². The molecule has 4 nitrogen and oxygen atoms in total. The topological polar surface area (TPSA) is 59.6 Å². The summed E-state index contributed by atoms with van der Waals surface area (Å²) in [6, 6.07) is 0.628. The molecule has 1 saturated carbocycles. The van der Waals surface area contributed by atoms with Gasteiger partial charge in [-0.25, -0.2) is 4.99 Å². The molecule has 2 atom stereocenters. The summed E-state index contributed by atoms with van der Waals surface area (Å²) >= 11 is 0. The zero-order chi connectivity index (χ0) is 13.1. The first-order chi connectivity index (χ1) is 8.00. The summed E-state index contributed by atoms with van der Waals surface area (Å²) in [4.78, 5) is 4.62. The summed E-state index contributed by atoms with van der Waals surface area (Å²) in [5.41, 5.74) is 6.08. The lowest BCUT2D eigenvalue weighted by molar-refractivity contribution is -0.111. The van der Waals surface area contributed by atoms with Gasteiger partial charge in [-0.15, -0.1) is 24.0 Å². The summed E-state index contributed by atoms with van der Waals surface area (Å²) in [7, 11) is 1.79. The maximum absolute atomic E-state index is 5.90. The molecule has 1 rings (SSSR count). The summed E-state index contributed by atoms with van der Waals surface area (Å²) in [5.74, 6) is 0.561. The first kappa shape index (κ1) is 18.0. The minimum absolute atomic E-state index is 0. The van der Waals surface area contributed by atoms with Crippen LogP contribution in [0.25, 0.3) is 0 Å². The molecule has 2 unspecified atom stereocenters. The summed E-state index contributed by atoms with van der Waals surface area (Å²) in [6.45, 7) is 8.55. The number of ether oxygens (including phenoxy) is 1. The third kappa shape index (κ3) is 3.50. The normalized spacial score (nSPS) is 26.4. The van der Waals surface area contributed by atoms with E-state index in [2.05, 4.69) is 38.0 Å². The fourth-order valence-electron chi connectivity index (χ4n) is 2.92. The maximum Gasteiger partial charge on any atom is 0.189 e. The second-order valence-corrected chi connectivity index (χ2v) is 5.23. The van der Waals surface area contributed by atoms with Crippen molar-refractivity contribution in [2.24, 2.45) is 16.1 Å². The molecule has 0 saturated heterocycles. The fourth-order valence-corrected chi connectivity index (χ4v) is 2.92. The van der Waals surface area contributed by atoms with Crippen LogP contribution in [0.1, 0.15) is 47.0 Å². The number of rotatable bonds is 5. The highest BCUT2D eigenvalue weighted by molar-refractivity contribution is 14.0. The second-order valence-electron chi connectivity index (χ2n) is 5.23. The zero-order valence-electron chi connectivity index (χ0n) is 12.2. The first-order valence-electron chi connectivity index (χ1n) is 6.62. The Labute approximate surface area is 128 Å². The van der Waals surface area contributed by atoms with Crippen LogP contribution < -0.4 is 11.1 Å². The second kappa shape index (κ2) is 7.53. The third-order valence-corrected chi connectivity index (χ3v) is 4.07. The Kier molecular flexibility index (Phi) is 7.51. The van der Waals surface area contributed by atoms with E-state index in [0.29, 0.717) is 24.1 Å². The highest BCUT2D eigenvalue weighted by Crippen LogP contribution is 2.50. The van der Waals surface area contributed by atoms with E-state index in [1.165, 1.54) is 0 Å². The number of aliphatic imine (C=N–C) groups is 1. The third-order valence-electron chi connectivity index (χ3n) is 4.07. The molecular weight excluding hydrogens is 341 g/mol. The van der Waals surface area contributed by atoms with Crippen molar-refractivity contribution in [3.05, 3.63) is 0 Å². The Morgan fingerprint density at radius 3 is 2.39 bits per heavy atom. The van der Waals surface area contributed by atoms with Crippen LogP contribution in [-0.4, -0.2) is 31.3 Å². The van der Waals surface area contributed by atoms with Gasteiger partial charge in [-0.1, -0.05) is 13.8 Å². The Balaban J connectivity index is 0.00000289. The molecule has 5 heteroatoms. The largest absolute Gasteiger partial charge is 0.381 e. The molecular formula is C13H28IN3O. The van der Waals surface area contributed by atoms with E-state index in [9.17, 15) is 0 Å². The van der Waals surface area contributed by atoms with Crippen molar-refractivity contribution in [3.8, 4) is 0 Å². The molecule has 1 fully saturated rings. The van der Waals surface area contributed by atoms with Gasteiger partial charge in [0.25, 0.3) is 0 Å². The van der Waals surface area contributed by atoms with Gasteiger partial charge in [0.05, 0.1) is 12.1 Å². The SMILES string of the molecule is CCC1(CC)C(N=C(N)NC(C)C)CC1OC.I. The molecule has 0 bridgehead atoms. The van der Waals surface area contributed by atoms with Crippen molar-refractivity contribution in [3.63, 3.8) is 0 Å². The smallest absolute Gasteiger partial charge is 0.189 e. The molecule has 108 valence electrons. The van der Waals surface area contributed by atoms with E-state index >= 15 is 0 Å². The Morgan fingerprint density at radius 1 is 1.44 bits per heavy atom. The molecule has 0 spiro atoms. The van der Waals surface area contributed by atoms with E-state index in [-0.39, 0.29) is 29.4 Å². The number of hydrogen-bond acceptors (Lipinski definition) is 2. The highest BCUT2D eigenvalue weighted by Gasteiger charge is 2.53. The quantitative estimate of drug-likeness (QED) is 0.445. The summed E-state index contributed by atoms with van der Waals surface area (Å²) in [6.07, 6.45) is 3.49. The lowest BCUT2D eigenvalue weighted by Gasteiger charge is -2.53. The van der Waals surface area contributed by atoms with E-state index in [4.69, 9.17) is 10.5 Å². The molecule has 0 radical (unpaired) electrons. The van der Waals surface area contributed by atoms with Crippen molar-refractivity contribution < 1.29 is 4.74 Å². The number of nitrogens with two attached hydrogens (primary N) is 1. The fraction of sp³-hybridized carbons (Fsp3) is 0.923. The Morgan fingerprint density at radius 2 is 2.00 bits per heavy atom. The summed E-state index contributed by atoms with van der Waals surface area (Å²) < 4.78 is 5.55. The zero-order valence-corrected chi connectivity index (χ0v) is 14.5. The van der Waals surface area contributed by atoms with Gasteiger partial charge in [0, 0.05) is 18.6 Å². The Hall–Kier alpha value is -0.0400. The number of nitrogens with zero attached hydrogens (tertiary/aromatic N) is 1. The van der Waals surface area contributed by atoms with Crippen molar-refractivity contribution >= 4 is 29.9 Å². The van der Waals surface area contributed by atoms with Gasteiger partial charge >= 0.3 is 0 Å². The highest BCUT2D eigenvalue weighted by atomic mass is 127. The molecule has 0 aromatic heterocycles. The van der Waals surface area contributed by atoms with Crippen molar-refractivity contribution in [1.29, 1.82) is 0 Å². The number of methoxy groups -OCH3 is 1. The number of nitrogens with one attached hydrogen (secondary N) is 1. The first-order valence-corrected chi connectivity index (χ1v) is 6.62. The van der Waals surface area contributed by atoms with Crippen LogP contribution in [0.3, 0.4) is 0 Å².